The highest BCUT2D eigenvalue weighted by Gasteiger charge is 2.36. The normalized spacial score (nSPS) is 18.4. The van der Waals surface area contributed by atoms with Gasteiger partial charge < -0.3 is 4.42 Å². The smallest absolute Gasteiger partial charge is 0.416 e. The molecule has 3 aromatic rings. The van der Waals surface area contributed by atoms with Gasteiger partial charge in [-0.25, -0.2) is 8.42 Å². The largest absolute Gasteiger partial charge is 0.419 e. The molecule has 4 rings (SSSR count). The zero-order valence-electron chi connectivity index (χ0n) is 15.6. The molecule has 11 heteroatoms. The van der Waals surface area contributed by atoms with E-state index in [4.69, 9.17) is 4.42 Å². The molecule has 1 atom stereocenters. The van der Waals surface area contributed by atoms with E-state index in [0.717, 1.165) is 12.1 Å². The quantitative estimate of drug-likeness (QED) is 0.617. The molecule has 0 radical (unpaired) electrons. The lowest BCUT2D eigenvalue weighted by Crippen LogP contribution is -2.39. The van der Waals surface area contributed by atoms with Crippen molar-refractivity contribution < 1.29 is 26.0 Å². The van der Waals surface area contributed by atoms with Crippen LogP contribution in [-0.4, -0.2) is 41.0 Å². The van der Waals surface area contributed by atoms with Crippen LogP contribution in [0.3, 0.4) is 0 Å². The third-order valence-electron chi connectivity index (χ3n) is 4.86. The number of alkyl halides is 3. The van der Waals surface area contributed by atoms with Crippen LogP contribution in [0.1, 0.15) is 30.2 Å². The highest BCUT2D eigenvalue weighted by molar-refractivity contribution is 7.89. The number of benzene rings is 1. The molecule has 1 aliphatic heterocycles. The van der Waals surface area contributed by atoms with Crippen molar-refractivity contribution in [2.75, 3.05) is 13.1 Å². The van der Waals surface area contributed by atoms with Crippen LogP contribution in [-0.2, 0) is 16.2 Å². The fourth-order valence-electron chi connectivity index (χ4n) is 3.34. The van der Waals surface area contributed by atoms with Crippen molar-refractivity contribution in [2.24, 2.45) is 0 Å². The second-order valence-electron chi connectivity index (χ2n) is 6.89. The van der Waals surface area contributed by atoms with Gasteiger partial charge in [-0.15, -0.1) is 10.2 Å². The molecular formula is C19H17F3N4O3S. The first-order valence-electron chi connectivity index (χ1n) is 9.17. The maximum atomic E-state index is 13.0. The van der Waals surface area contributed by atoms with Gasteiger partial charge in [0.05, 0.1) is 16.4 Å². The molecule has 1 aromatic carbocycles. The van der Waals surface area contributed by atoms with E-state index in [1.165, 1.54) is 10.4 Å². The van der Waals surface area contributed by atoms with Gasteiger partial charge in [0.1, 0.15) is 5.69 Å². The van der Waals surface area contributed by atoms with Gasteiger partial charge in [-0.05, 0) is 43.2 Å². The Labute approximate surface area is 170 Å². The molecule has 30 heavy (non-hydrogen) atoms. The zero-order chi connectivity index (χ0) is 21.4. The average Bonchev–Trinajstić information content (AvgIpc) is 3.24. The van der Waals surface area contributed by atoms with E-state index >= 15 is 0 Å². The number of nitrogens with zero attached hydrogens (tertiary/aromatic N) is 4. The SMILES string of the molecule is O=S(=O)(c1cccc(C(F)(F)F)c1)N1CCC[C@H](c2nnc(-c3ccccn3)o2)C1. The highest BCUT2D eigenvalue weighted by atomic mass is 32.2. The molecule has 158 valence electrons. The lowest BCUT2D eigenvalue weighted by Gasteiger charge is -2.30. The third-order valence-corrected chi connectivity index (χ3v) is 6.72. The highest BCUT2D eigenvalue weighted by Crippen LogP contribution is 2.33. The molecule has 3 heterocycles. The fraction of sp³-hybridized carbons (Fsp3) is 0.316. The van der Waals surface area contributed by atoms with Crippen LogP contribution in [0.5, 0.6) is 0 Å². The van der Waals surface area contributed by atoms with E-state index in [1.807, 2.05) is 0 Å². The molecule has 0 amide bonds. The second-order valence-corrected chi connectivity index (χ2v) is 8.83. The summed E-state index contributed by atoms with van der Waals surface area (Å²) in [6, 6.07) is 8.99. The van der Waals surface area contributed by atoms with E-state index in [9.17, 15) is 21.6 Å². The Morgan fingerprint density at radius 1 is 1.10 bits per heavy atom. The number of hydrogen-bond donors (Lipinski definition) is 0. The van der Waals surface area contributed by atoms with E-state index in [1.54, 1.807) is 24.4 Å². The number of hydrogen-bond acceptors (Lipinski definition) is 6. The van der Waals surface area contributed by atoms with Crippen molar-refractivity contribution in [3.05, 3.63) is 60.1 Å². The summed E-state index contributed by atoms with van der Waals surface area (Å²) in [6.07, 6.45) is -1.90. The first-order valence-corrected chi connectivity index (χ1v) is 10.6. The third kappa shape index (κ3) is 4.08. The van der Waals surface area contributed by atoms with E-state index in [-0.39, 0.29) is 30.8 Å². The topological polar surface area (TPSA) is 89.2 Å². The standard InChI is InChI=1S/C19H17F3N4O3S/c20-19(21,22)14-6-3-7-15(11-14)30(27,28)26-10-4-5-13(12-26)17-24-25-18(29-17)16-8-1-2-9-23-16/h1-3,6-9,11,13H,4-5,10,12H2/t13-/m0/s1. The number of piperidine rings is 1. The first-order chi connectivity index (χ1) is 14.2. The summed E-state index contributed by atoms with van der Waals surface area (Å²) < 4.78 is 71.7. The van der Waals surface area contributed by atoms with Crippen LogP contribution >= 0.6 is 0 Å². The Morgan fingerprint density at radius 3 is 2.67 bits per heavy atom. The molecule has 0 N–H and O–H groups in total. The molecule has 1 saturated heterocycles. The molecule has 1 fully saturated rings. The Kier molecular flexibility index (Phi) is 5.33. The van der Waals surface area contributed by atoms with Gasteiger partial charge in [-0.2, -0.15) is 17.5 Å². The molecular weight excluding hydrogens is 421 g/mol. The molecule has 7 nitrogen and oxygen atoms in total. The maximum Gasteiger partial charge on any atom is 0.416 e. The van der Waals surface area contributed by atoms with Crippen LogP contribution < -0.4 is 0 Å². The van der Waals surface area contributed by atoms with Gasteiger partial charge >= 0.3 is 6.18 Å². The van der Waals surface area contributed by atoms with Crippen molar-refractivity contribution in [1.82, 2.24) is 19.5 Å². The number of rotatable bonds is 4. The minimum absolute atomic E-state index is 0.0441. The number of halogens is 3. The number of pyridine rings is 1. The second kappa shape index (κ2) is 7.80. The van der Waals surface area contributed by atoms with Crippen molar-refractivity contribution in [1.29, 1.82) is 0 Å². The predicted molar refractivity (Wildman–Crippen MR) is 99.7 cm³/mol. The van der Waals surface area contributed by atoms with Crippen molar-refractivity contribution in [3.8, 4) is 11.6 Å². The summed E-state index contributed by atoms with van der Waals surface area (Å²) in [6.45, 7) is 0.249. The van der Waals surface area contributed by atoms with Crippen LogP contribution in [0.25, 0.3) is 11.6 Å². The Morgan fingerprint density at radius 2 is 1.93 bits per heavy atom. The molecule has 0 unspecified atom stereocenters. The lowest BCUT2D eigenvalue weighted by atomic mass is 10.00. The van der Waals surface area contributed by atoms with Gasteiger partial charge in [0.15, 0.2) is 0 Å². The van der Waals surface area contributed by atoms with Gasteiger partial charge in [0.25, 0.3) is 5.89 Å². The van der Waals surface area contributed by atoms with E-state index in [2.05, 4.69) is 15.2 Å². The maximum absolute atomic E-state index is 13.0. The Hall–Kier alpha value is -2.79. The van der Waals surface area contributed by atoms with Crippen molar-refractivity contribution in [3.63, 3.8) is 0 Å². The lowest BCUT2D eigenvalue weighted by molar-refractivity contribution is -0.137. The minimum atomic E-state index is -4.62. The molecule has 0 saturated carbocycles. The van der Waals surface area contributed by atoms with E-state index < -0.39 is 26.7 Å². The van der Waals surface area contributed by atoms with Gasteiger partial charge in [-0.3, -0.25) is 4.98 Å². The number of aromatic nitrogens is 3. The van der Waals surface area contributed by atoms with E-state index in [0.29, 0.717) is 24.6 Å². The Bertz CT molecular complexity index is 1130. The fourth-order valence-corrected chi connectivity index (χ4v) is 4.91. The monoisotopic (exact) mass is 438 g/mol. The molecule has 0 aliphatic carbocycles. The number of sulfonamides is 1. The van der Waals surface area contributed by atoms with Crippen LogP contribution in [0, 0.1) is 0 Å². The molecule has 0 bridgehead atoms. The van der Waals surface area contributed by atoms with Crippen molar-refractivity contribution >= 4 is 10.0 Å². The van der Waals surface area contributed by atoms with Crippen molar-refractivity contribution in [2.45, 2.75) is 29.8 Å². The molecule has 0 spiro atoms. The van der Waals surface area contributed by atoms with Crippen LogP contribution in [0.2, 0.25) is 0 Å². The summed E-state index contributed by atoms with van der Waals surface area (Å²) in [7, 11) is -4.10. The zero-order valence-corrected chi connectivity index (χ0v) is 16.4. The summed E-state index contributed by atoms with van der Waals surface area (Å²) in [5.74, 6) is 0.146. The first kappa shape index (κ1) is 20.5. The molecule has 1 aliphatic rings. The summed E-state index contributed by atoms with van der Waals surface area (Å²) in [5, 5.41) is 8.00. The van der Waals surface area contributed by atoms with Gasteiger partial charge in [-0.1, -0.05) is 12.1 Å². The minimum Gasteiger partial charge on any atom is -0.419 e. The summed E-state index contributed by atoms with van der Waals surface area (Å²) in [4.78, 5) is 3.74. The van der Waals surface area contributed by atoms with Crippen LogP contribution in [0.15, 0.2) is 58.0 Å². The van der Waals surface area contributed by atoms with Gasteiger partial charge in [0, 0.05) is 19.3 Å². The van der Waals surface area contributed by atoms with Crippen LogP contribution in [0.4, 0.5) is 13.2 Å². The molecule has 2 aromatic heterocycles. The van der Waals surface area contributed by atoms with Gasteiger partial charge in [0.2, 0.25) is 15.9 Å². The predicted octanol–water partition coefficient (Wildman–Crippen LogP) is 3.72. The summed E-state index contributed by atoms with van der Waals surface area (Å²) >= 11 is 0. The Balaban J connectivity index is 1.56. The summed E-state index contributed by atoms with van der Waals surface area (Å²) in [5.41, 5.74) is -0.505. The average molecular weight is 438 g/mol.